The minimum atomic E-state index is -1.01. The van der Waals surface area contributed by atoms with Gasteiger partial charge in [-0.25, -0.2) is 4.79 Å². The van der Waals surface area contributed by atoms with Crippen LogP contribution in [-0.2, 0) is 23.9 Å². The Morgan fingerprint density at radius 2 is 1.61 bits per heavy atom. The van der Waals surface area contributed by atoms with E-state index in [0.29, 0.717) is 32.4 Å². The lowest BCUT2D eigenvalue weighted by Gasteiger charge is -2.43. The smallest absolute Gasteiger partial charge is 0.315 e. The molecule has 0 aromatic rings. The fraction of sp³-hybridized carbons (Fsp3) is 0.816. The van der Waals surface area contributed by atoms with Crippen molar-refractivity contribution < 1.29 is 28.7 Å². The van der Waals surface area contributed by atoms with Gasteiger partial charge in [0.15, 0.2) is 0 Å². The summed E-state index contributed by atoms with van der Waals surface area (Å²) in [5.74, 6) is -2.31. The van der Waals surface area contributed by atoms with Crippen LogP contribution in [0, 0.1) is 22.7 Å². The van der Waals surface area contributed by atoms with Crippen molar-refractivity contribution in [1.29, 1.82) is 0 Å². The second-order valence-electron chi connectivity index (χ2n) is 16.8. The summed E-state index contributed by atoms with van der Waals surface area (Å²) in [5.41, 5.74) is -1.21. The minimum Gasteiger partial charge on any atom is -0.374 e. The standard InChI is InChI=1S/C38H67N5O6/c1-12-14-18-27(30(44)33(46)39-22-13-2)40-32(45)29-26(25(3)4)19-23-43(29)34(47)31(38(11)20-16-15-17-21-38)42-35(48)41-28(36(5,6)7)24-49-37(8,9)10/h13,25-29,31H,2,12,14-24H2,1,3-11H3,(H,39,46)(H,40,45)(H2,41,42,48)/t26-,27?,28-,29+,31-/m1/s1. The van der Waals surface area contributed by atoms with E-state index in [1.807, 2.05) is 62.3 Å². The van der Waals surface area contributed by atoms with Gasteiger partial charge >= 0.3 is 6.03 Å². The maximum absolute atomic E-state index is 14.8. The van der Waals surface area contributed by atoms with Crippen LogP contribution in [0.25, 0.3) is 0 Å². The third kappa shape index (κ3) is 12.4. The molecule has 1 aliphatic heterocycles. The summed E-state index contributed by atoms with van der Waals surface area (Å²) in [6.07, 6.45) is 8.33. The molecule has 11 heteroatoms. The Hall–Kier alpha value is -2.95. The molecule has 2 rings (SSSR count). The van der Waals surface area contributed by atoms with Crippen molar-refractivity contribution >= 4 is 29.5 Å². The summed E-state index contributed by atoms with van der Waals surface area (Å²) in [6.45, 7) is 24.5. The quantitative estimate of drug-likeness (QED) is 0.128. The molecule has 1 unspecified atom stereocenters. The van der Waals surface area contributed by atoms with Crippen molar-refractivity contribution in [3.63, 3.8) is 0 Å². The van der Waals surface area contributed by atoms with Gasteiger partial charge in [0.2, 0.25) is 17.6 Å². The van der Waals surface area contributed by atoms with Crippen LogP contribution in [0.15, 0.2) is 12.7 Å². The van der Waals surface area contributed by atoms with Gasteiger partial charge in [-0.2, -0.15) is 0 Å². The molecule has 2 aliphatic rings. The Morgan fingerprint density at radius 1 is 0.980 bits per heavy atom. The molecule has 5 amide bonds. The number of carbonyl (C=O) groups is 5. The Kier molecular flexibility index (Phi) is 15.8. The molecule has 0 aromatic heterocycles. The normalized spacial score (nSPS) is 21.3. The summed E-state index contributed by atoms with van der Waals surface area (Å²) in [7, 11) is 0. The summed E-state index contributed by atoms with van der Waals surface area (Å²) in [5, 5.41) is 11.6. The van der Waals surface area contributed by atoms with E-state index in [1.165, 1.54) is 6.08 Å². The van der Waals surface area contributed by atoms with E-state index in [9.17, 15) is 24.0 Å². The molecule has 5 atom stereocenters. The number of hydrogen-bond acceptors (Lipinski definition) is 6. The predicted molar refractivity (Wildman–Crippen MR) is 194 cm³/mol. The molecular weight excluding hydrogens is 622 g/mol. The first kappa shape index (κ1) is 42.2. The highest BCUT2D eigenvalue weighted by Gasteiger charge is 2.50. The molecule has 2 fully saturated rings. The summed E-state index contributed by atoms with van der Waals surface area (Å²) < 4.78 is 6.05. The van der Waals surface area contributed by atoms with Gasteiger partial charge in [0.05, 0.1) is 24.3 Å². The van der Waals surface area contributed by atoms with Crippen LogP contribution >= 0.6 is 0 Å². The fourth-order valence-electron chi connectivity index (χ4n) is 6.96. The first-order valence-electron chi connectivity index (χ1n) is 18.5. The van der Waals surface area contributed by atoms with E-state index in [0.717, 1.165) is 38.5 Å². The Balaban J connectivity index is 2.43. The Bertz CT molecular complexity index is 1150. The van der Waals surface area contributed by atoms with Gasteiger partial charge in [-0.1, -0.05) is 86.6 Å². The average molecular weight is 690 g/mol. The number of amides is 5. The predicted octanol–water partition coefficient (Wildman–Crippen LogP) is 5.27. The van der Waals surface area contributed by atoms with Crippen LogP contribution in [-0.4, -0.2) is 83.9 Å². The third-order valence-electron chi connectivity index (χ3n) is 10.2. The van der Waals surface area contributed by atoms with E-state index in [2.05, 4.69) is 34.8 Å². The van der Waals surface area contributed by atoms with Crippen LogP contribution in [0.3, 0.4) is 0 Å². The number of hydrogen-bond donors (Lipinski definition) is 4. The summed E-state index contributed by atoms with van der Waals surface area (Å²) >= 11 is 0. The highest BCUT2D eigenvalue weighted by molar-refractivity contribution is 6.38. The van der Waals surface area contributed by atoms with Crippen LogP contribution in [0.5, 0.6) is 0 Å². The van der Waals surface area contributed by atoms with Crippen molar-refractivity contribution in [3.05, 3.63) is 12.7 Å². The number of nitrogens with zero attached hydrogens (tertiary/aromatic N) is 1. The molecule has 1 heterocycles. The van der Waals surface area contributed by atoms with Gasteiger partial charge in [0, 0.05) is 13.1 Å². The largest absolute Gasteiger partial charge is 0.374 e. The molecule has 49 heavy (non-hydrogen) atoms. The Labute approximate surface area is 295 Å². The molecule has 0 aromatic carbocycles. The highest BCUT2D eigenvalue weighted by atomic mass is 16.5. The van der Waals surface area contributed by atoms with E-state index in [4.69, 9.17) is 4.74 Å². The van der Waals surface area contributed by atoms with Gasteiger partial charge in [0.1, 0.15) is 12.1 Å². The van der Waals surface area contributed by atoms with Crippen LogP contribution in [0.1, 0.15) is 127 Å². The highest BCUT2D eigenvalue weighted by Crippen LogP contribution is 2.41. The number of likely N-dealkylation sites (tertiary alicyclic amines) is 1. The van der Waals surface area contributed by atoms with Gasteiger partial charge in [-0.15, -0.1) is 6.58 Å². The van der Waals surface area contributed by atoms with E-state index in [1.54, 1.807) is 4.90 Å². The lowest BCUT2D eigenvalue weighted by molar-refractivity contribution is -0.145. The number of urea groups is 1. The molecular formula is C38H67N5O6. The number of carbonyl (C=O) groups excluding carboxylic acids is 5. The molecule has 0 bridgehead atoms. The lowest BCUT2D eigenvalue weighted by Crippen LogP contribution is -2.63. The van der Waals surface area contributed by atoms with Gasteiger partial charge in [-0.05, 0) is 69.1 Å². The Morgan fingerprint density at radius 3 is 2.14 bits per heavy atom. The summed E-state index contributed by atoms with van der Waals surface area (Å²) in [6, 6.07) is -3.48. The number of nitrogens with one attached hydrogen (secondary N) is 4. The van der Waals surface area contributed by atoms with Gasteiger partial charge in [0.25, 0.3) is 5.91 Å². The maximum atomic E-state index is 14.8. The molecule has 0 radical (unpaired) electrons. The molecule has 11 nitrogen and oxygen atoms in total. The molecule has 280 valence electrons. The van der Waals surface area contributed by atoms with E-state index < -0.39 is 47.2 Å². The molecule has 4 N–H and O–H groups in total. The second-order valence-corrected chi connectivity index (χ2v) is 16.8. The monoisotopic (exact) mass is 690 g/mol. The van der Waals surface area contributed by atoms with Crippen LogP contribution in [0.2, 0.25) is 0 Å². The van der Waals surface area contributed by atoms with Crippen molar-refractivity contribution in [1.82, 2.24) is 26.2 Å². The molecule has 1 aliphatic carbocycles. The van der Waals surface area contributed by atoms with Crippen LogP contribution < -0.4 is 21.3 Å². The third-order valence-corrected chi connectivity index (χ3v) is 10.2. The van der Waals surface area contributed by atoms with Gasteiger partial charge in [-0.3, -0.25) is 19.2 Å². The van der Waals surface area contributed by atoms with Crippen molar-refractivity contribution in [2.24, 2.45) is 22.7 Å². The molecule has 1 saturated carbocycles. The number of ether oxygens (including phenoxy) is 1. The number of Topliss-reactive ketones (excluding diaryl/α,β-unsaturated/α-hetero) is 1. The zero-order valence-electron chi connectivity index (χ0n) is 32.1. The SMILES string of the molecule is C=CCNC(=O)C(=O)C(CCCC)NC(=O)[C@@H]1[C@@H](C(C)C)CCN1C(=O)[C@@H](NC(=O)N[C@H](COC(C)(C)C)C(C)(C)C)C1(C)CCCCC1. The maximum Gasteiger partial charge on any atom is 0.315 e. The number of unbranched alkanes of at least 4 members (excludes halogenated alkanes) is 1. The first-order chi connectivity index (χ1) is 22.8. The topological polar surface area (TPSA) is 146 Å². The summed E-state index contributed by atoms with van der Waals surface area (Å²) in [4.78, 5) is 70.1. The zero-order valence-corrected chi connectivity index (χ0v) is 32.1. The average Bonchev–Trinajstić information content (AvgIpc) is 3.47. The van der Waals surface area contributed by atoms with E-state index in [-0.39, 0.29) is 41.3 Å². The van der Waals surface area contributed by atoms with E-state index >= 15 is 0 Å². The zero-order chi connectivity index (χ0) is 37.2. The van der Waals surface area contributed by atoms with Crippen molar-refractivity contribution in [2.75, 3.05) is 19.7 Å². The lowest BCUT2D eigenvalue weighted by atomic mass is 9.70. The fourth-order valence-corrected chi connectivity index (χ4v) is 6.96. The van der Waals surface area contributed by atoms with Gasteiger partial charge < -0.3 is 30.9 Å². The van der Waals surface area contributed by atoms with Crippen LogP contribution in [0.4, 0.5) is 4.79 Å². The number of rotatable bonds is 16. The molecule has 0 spiro atoms. The van der Waals surface area contributed by atoms with Crippen molar-refractivity contribution in [2.45, 2.75) is 157 Å². The minimum absolute atomic E-state index is 0.0737. The van der Waals surface area contributed by atoms with Crippen molar-refractivity contribution in [3.8, 4) is 0 Å². The second kappa shape index (κ2) is 18.3. The molecule has 1 saturated heterocycles. The first-order valence-corrected chi connectivity index (χ1v) is 18.5. The number of ketones is 1.